The first-order valence-corrected chi connectivity index (χ1v) is 7.42. The smallest absolute Gasteiger partial charge is 0.229 e. The fourth-order valence-corrected chi connectivity index (χ4v) is 3.02. The molecule has 1 atom stereocenters. The third-order valence-corrected chi connectivity index (χ3v) is 4.45. The van der Waals surface area contributed by atoms with Crippen molar-refractivity contribution < 1.29 is 4.52 Å². The Morgan fingerprint density at radius 2 is 2.25 bits per heavy atom. The van der Waals surface area contributed by atoms with Gasteiger partial charge in [0.25, 0.3) is 0 Å². The van der Waals surface area contributed by atoms with Crippen molar-refractivity contribution in [3.63, 3.8) is 0 Å². The lowest BCUT2D eigenvalue weighted by Gasteiger charge is -2.20. The summed E-state index contributed by atoms with van der Waals surface area (Å²) >= 11 is 0. The Kier molecular flexibility index (Phi) is 3.03. The number of nitrogens with zero attached hydrogens (tertiary/aromatic N) is 5. The second-order valence-corrected chi connectivity index (χ2v) is 5.84. The zero-order valence-corrected chi connectivity index (χ0v) is 11.5. The van der Waals surface area contributed by atoms with E-state index in [0.29, 0.717) is 12.0 Å². The topological polar surface area (TPSA) is 60.0 Å². The largest absolute Gasteiger partial charge is 0.339 e. The molecule has 4 rings (SSSR count). The third-order valence-electron chi connectivity index (χ3n) is 4.45. The Balaban J connectivity index is 1.36. The molecule has 0 bridgehead atoms. The van der Waals surface area contributed by atoms with E-state index in [1.54, 1.807) is 0 Å². The highest BCUT2D eigenvalue weighted by molar-refractivity contribution is 4.98. The molecule has 6 heteroatoms. The van der Waals surface area contributed by atoms with Gasteiger partial charge in [-0.05, 0) is 25.3 Å². The predicted octanol–water partition coefficient (Wildman–Crippen LogP) is 1.98. The maximum atomic E-state index is 5.37. The van der Waals surface area contributed by atoms with Gasteiger partial charge in [-0.2, -0.15) is 10.1 Å². The van der Waals surface area contributed by atoms with Crippen LogP contribution in [0.5, 0.6) is 0 Å². The van der Waals surface area contributed by atoms with Crippen LogP contribution in [0.25, 0.3) is 0 Å². The number of rotatable bonds is 4. The molecule has 1 saturated heterocycles. The minimum atomic E-state index is 0.475. The van der Waals surface area contributed by atoms with Gasteiger partial charge in [0.1, 0.15) is 0 Å². The summed E-state index contributed by atoms with van der Waals surface area (Å²) in [7, 11) is 0. The molecule has 3 heterocycles. The minimum absolute atomic E-state index is 0.475. The van der Waals surface area contributed by atoms with Crippen molar-refractivity contribution in [3.05, 3.63) is 30.2 Å². The van der Waals surface area contributed by atoms with E-state index < -0.39 is 0 Å². The lowest BCUT2D eigenvalue weighted by atomic mass is 9.85. The van der Waals surface area contributed by atoms with Crippen LogP contribution in [0, 0.1) is 0 Å². The van der Waals surface area contributed by atoms with Crippen LogP contribution < -0.4 is 0 Å². The van der Waals surface area contributed by atoms with Crippen LogP contribution in [0.2, 0.25) is 0 Å². The molecule has 20 heavy (non-hydrogen) atoms. The fraction of sp³-hybridized carbons (Fsp3) is 0.643. The molecule has 2 aromatic heterocycles. The average molecular weight is 273 g/mol. The summed E-state index contributed by atoms with van der Waals surface area (Å²) in [4.78, 5) is 6.92. The van der Waals surface area contributed by atoms with Crippen molar-refractivity contribution >= 4 is 0 Å². The quantitative estimate of drug-likeness (QED) is 0.852. The van der Waals surface area contributed by atoms with Crippen LogP contribution >= 0.6 is 0 Å². The predicted molar refractivity (Wildman–Crippen MR) is 72.0 cm³/mol. The number of aromatic nitrogens is 4. The van der Waals surface area contributed by atoms with E-state index in [0.717, 1.165) is 37.8 Å². The fourth-order valence-electron chi connectivity index (χ4n) is 3.02. The Morgan fingerprint density at radius 3 is 3.00 bits per heavy atom. The summed E-state index contributed by atoms with van der Waals surface area (Å²) in [6.07, 6.45) is 8.71. The molecule has 0 aromatic carbocycles. The van der Waals surface area contributed by atoms with Gasteiger partial charge in [0, 0.05) is 31.4 Å². The van der Waals surface area contributed by atoms with Gasteiger partial charge >= 0.3 is 0 Å². The van der Waals surface area contributed by atoms with Crippen molar-refractivity contribution in [2.24, 2.45) is 0 Å². The second-order valence-electron chi connectivity index (χ2n) is 5.84. The molecule has 2 fully saturated rings. The van der Waals surface area contributed by atoms with Gasteiger partial charge in [0.2, 0.25) is 5.89 Å². The number of hydrogen-bond donors (Lipinski definition) is 0. The molecule has 1 aliphatic heterocycles. The minimum Gasteiger partial charge on any atom is -0.339 e. The van der Waals surface area contributed by atoms with Crippen molar-refractivity contribution in [1.82, 2.24) is 24.8 Å². The van der Waals surface area contributed by atoms with Crippen molar-refractivity contribution in [1.29, 1.82) is 0 Å². The molecule has 0 spiro atoms. The van der Waals surface area contributed by atoms with Crippen LogP contribution in [0.1, 0.15) is 49.4 Å². The van der Waals surface area contributed by atoms with Gasteiger partial charge in [-0.25, -0.2) is 0 Å². The summed E-state index contributed by atoms with van der Waals surface area (Å²) in [5.74, 6) is 2.19. The first-order valence-electron chi connectivity index (χ1n) is 7.42. The zero-order valence-electron chi connectivity index (χ0n) is 11.5. The Hall–Kier alpha value is -1.69. The first kappa shape index (κ1) is 12.1. The highest BCUT2D eigenvalue weighted by atomic mass is 16.5. The van der Waals surface area contributed by atoms with Crippen LogP contribution in [-0.4, -0.2) is 37.9 Å². The van der Waals surface area contributed by atoms with Gasteiger partial charge in [-0.3, -0.25) is 9.58 Å². The molecule has 0 N–H and O–H groups in total. The molecular formula is C14H19N5O. The van der Waals surface area contributed by atoms with Gasteiger partial charge < -0.3 is 4.52 Å². The summed E-state index contributed by atoms with van der Waals surface area (Å²) in [5, 5.41) is 8.45. The average Bonchev–Trinajstić information content (AvgIpc) is 3.07. The van der Waals surface area contributed by atoms with Crippen molar-refractivity contribution in [2.75, 3.05) is 13.1 Å². The Bertz CT molecular complexity index is 560. The molecule has 1 aliphatic carbocycles. The van der Waals surface area contributed by atoms with E-state index in [2.05, 4.69) is 24.8 Å². The van der Waals surface area contributed by atoms with Crippen LogP contribution in [0.15, 0.2) is 23.0 Å². The molecule has 2 aromatic rings. The normalized spacial score (nSPS) is 24.1. The maximum absolute atomic E-state index is 5.37. The van der Waals surface area contributed by atoms with E-state index in [9.17, 15) is 0 Å². The standard InChI is InChI=1S/C14H19N5O/c1-3-11(4-1)14-16-13(17-20-14)10-18-8-5-12(9-18)19-7-2-6-15-19/h2,6-7,11-12H,1,3-5,8-10H2. The summed E-state index contributed by atoms with van der Waals surface area (Å²) < 4.78 is 7.42. The third kappa shape index (κ3) is 2.24. The highest BCUT2D eigenvalue weighted by Crippen LogP contribution is 2.35. The second kappa shape index (κ2) is 5.01. The Labute approximate surface area is 117 Å². The summed E-state index contributed by atoms with van der Waals surface area (Å²) in [6.45, 7) is 2.86. The molecule has 0 radical (unpaired) electrons. The van der Waals surface area contributed by atoms with Crippen molar-refractivity contribution in [2.45, 2.75) is 44.2 Å². The van der Waals surface area contributed by atoms with Gasteiger partial charge in [0.05, 0.1) is 12.6 Å². The number of hydrogen-bond acceptors (Lipinski definition) is 5. The number of likely N-dealkylation sites (tertiary alicyclic amines) is 1. The first-order chi connectivity index (χ1) is 9.88. The monoisotopic (exact) mass is 273 g/mol. The van der Waals surface area contributed by atoms with E-state index in [-0.39, 0.29) is 0 Å². The molecule has 2 aliphatic rings. The molecular weight excluding hydrogens is 254 g/mol. The van der Waals surface area contributed by atoms with E-state index in [4.69, 9.17) is 4.52 Å². The van der Waals surface area contributed by atoms with Crippen LogP contribution in [0.3, 0.4) is 0 Å². The van der Waals surface area contributed by atoms with E-state index in [1.165, 1.54) is 19.3 Å². The highest BCUT2D eigenvalue weighted by Gasteiger charge is 2.28. The maximum Gasteiger partial charge on any atom is 0.229 e. The van der Waals surface area contributed by atoms with Gasteiger partial charge in [-0.15, -0.1) is 0 Å². The lowest BCUT2D eigenvalue weighted by Crippen LogP contribution is -2.22. The van der Waals surface area contributed by atoms with E-state index in [1.807, 2.05) is 18.5 Å². The molecule has 106 valence electrons. The summed E-state index contributed by atoms with van der Waals surface area (Å²) in [5.41, 5.74) is 0. The van der Waals surface area contributed by atoms with E-state index >= 15 is 0 Å². The van der Waals surface area contributed by atoms with Crippen LogP contribution in [-0.2, 0) is 6.54 Å². The van der Waals surface area contributed by atoms with Gasteiger partial charge in [-0.1, -0.05) is 11.6 Å². The molecule has 6 nitrogen and oxygen atoms in total. The van der Waals surface area contributed by atoms with Crippen molar-refractivity contribution in [3.8, 4) is 0 Å². The zero-order chi connectivity index (χ0) is 13.4. The molecule has 1 saturated carbocycles. The summed E-state index contributed by atoms with van der Waals surface area (Å²) in [6, 6.07) is 2.45. The lowest BCUT2D eigenvalue weighted by molar-refractivity contribution is 0.280. The molecule has 0 amide bonds. The molecule has 1 unspecified atom stereocenters. The van der Waals surface area contributed by atoms with Gasteiger partial charge in [0.15, 0.2) is 5.82 Å². The van der Waals surface area contributed by atoms with Crippen LogP contribution in [0.4, 0.5) is 0 Å². The SMILES string of the molecule is c1cnn(C2CCN(Cc3noc(C4CCC4)n3)C2)c1. The Morgan fingerprint density at radius 1 is 1.30 bits per heavy atom.